The third-order valence-electron chi connectivity index (χ3n) is 5.35. The van der Waals surface area contributed by atoms with Gasteiger partial charge in [-0.1, -0.05) is 59.5 Å². The topological polar surface area (TPSA) is 40.5 Å². The van der Waals surface area contributed by atoms with Crippen molar-refractivity contribution < 1.29 is 10.0 Å². The Hall–Kier alpha value is -1.10. The molecule has 0 amide bonds. The van der Waals surface area contributed by atoms with E-state index in [-0.39, 0.29) is 5.41 Å². The molecule has 112 valence electrons. The summed E-state index contributed by atoms with van der Waals surface area (Å²) in [5.74, 6) is 0. The third kappa shape index (κ3) is 2.01. The first kappa shape index (κ1) is 14.5. The molecule has 2 N–H and O–H groups in total. The molecule has 0 bridgehead atoms. The van der Waals surface area contributed by atoms with E-state index in [2.05, 4.69) is 40.2 Å². The second-order valence-electron chi connectivity index (χ2n) is 6.51. The van der Waals surface area contributed by atoms with Crippen molar-refractivity contribution in [3.05, 3.63) is 52.0 Å². The maximum atomic E-state index is 9.50. The van der Waals surface area contributed by atoms with Gasteiger partial charge >= 0.3 is 7.12 Å². The molecule has 0 aliphatic heterocycles. The lowest BCUT2D eigenvalue weighted by molar-refractivity contribution is 0.352. The molecule has 2 aliphatic rings. The zero-order valence-corrected chi connectivity index (χ0v) is 13.9. The number of hydrogen-bond donors (Lipinski definition) is 2. The maximum Gasteiger partial charge on any atom is 0.488 e. The standard InChI is InChI=1S/C18H18BBrO2/c20-13-5-6-14-15-10-12(19(21)22)4-7-16(15)18(17(14)11-13)8-2-1-3-9-18/h4-7,10-11,21-22H,1-3,8-9H2. The average Bonchev–Trinajstić information content (AvgIpc) is 2.78. The zero-order valence-electron chi connectivity index (χ0n) is 12.3. The van der Waals surface area contributed by atoms with Crippen LogP contribution in [0, 0.1) is 0 Å². The van der Waals surface area contributed by atoms with Gasteiger partial charge in [0.1, 0.15) is 0 Å². The van der Waals surface area contributed by atoms with Crippen LogP contribution < -0.4 is 5.46 Å². The van der Waals surface area contributed by atoms with Crippen LogP contribution in [0.5, 0.6) is 0 Å². The van der Waals surface area contributed by atoms with Crippen molar-refractivity contribution in [1.82, 2.24) is 0 Å². The van der Waals surface area contributed by atoms with Crippen LogP contribution in [-0.2, 0) is 5.41 Å². The molecule has 22 heavy (non-hydrogen) atoms. The van der Waals surface area contributed by atoms with Crippen molar-refractivity contribution in [3.8, 4) is 11.1 Å². The summed E-state index contributed by atoms with van der Waals surface area (Å²) in [7, 11) is -1.41. The van der Waals surface area contributed by atoms with Crippen LogP contribution in [0.15, 0.2) is 40.9 Å². The van der Waals surface area contributed by atoms with E-state index in [4.69, 9.17) is 0 Å². The van der Waals surface area contributed by atoms with Gasteiger partial charge in [-0.2, -0.15) is 0 Å². The van der Waals surface area contributed by atoms with Crippen LogP contribution >= 0.6 is 15.9 Å². The highest BCUT2D eigenvalue weighted by Gasteiger charge is 2.43. The maximum absolute atomic E-state index is 9.50. The van der Waals surface area contributed by atoms with Gasteiger partial charge in [-0.05, 0) is 52.7 Å². The van der Waals surface area contributed by atoms with E-state index in [1.165, 1.54) is 54.4 Å². The Labute approximate surface area is 139 Å². The van der Waals surface area contributed by atoms with Gasteiger partial charge in [0.05, 0.1) is 0 Å². The average molecular weight is 357 g/mol. The minimum absolute atomic E-state index is 0.117. The second kappa shape index (κ2) is 5.22. The second-order valence-corrected chi connectivity index (χ2v) is 7.43. The first-order valence-electron chi connectivity index (χ1n) is 7.93. The monoisotopic (exact) mass is 356 g/mol. The quantitative estimate of drug-likeness (QED) is 0.769. The molecule has 0 unspecified atom stereocenters. The molecule has 2 aliphatic carbocycles. The Morgan fingerprint density at radius 3 is 2.36 bits per heavy atom. The SMILES string of the molecule is OB(O)c1ccc2c(c1)-c1ccc(Br)cc1C21CCCCC1. The first-order valence-corrected chi connectivity index (χ1v) is 8.72. The predicted molar refractivity (Wildman–Crippen MR) is 93.3 cm³/mol. The fourth-order valence-corrected chi connectivity index (χ4v) is 4.71. The lowest BCUT2D eigenvalue weighted by Gasteiger charge is -2.36. The summed E-state index contributed by atoms with van der Waals surface area (Å²) < 4.78 is 1.12. The summed E-state index contributed by atoms with van der Waals surface area (Å²) in [5, 5.41) is 19.0. The molecule has 0 heterocycles. The first-order chi connectivity index (χ1) is 10.6. The van der Waals surface area contributed by atoms with Gasteiger partial charge in [0.2, 0.25) is 0 Å². The molecule has 2 nitrogen and oxygen atoms in total. The van der Waals surface area contributed by atoms with Gasteiger partial charge in [0, 0.05) is 9.89 Å². The van der Waals surface area contributed by atoms with Crippen molar-refractivity contribution in [2.24, 2.45) is 0 Å². The molecule has 1 spiro atoms. The lowest BCUT2D eigenvalue weighted by Crippen LogP contribution is -2.31. The van der Waals surface area contributed by atoms with Crippen LogP contribution in [0.3, 0.4) is 0 Å². The van der Waals surface area contributed by atoms with Crippen molar-refractivity contribution in [2.45, 2.75) is 37.5 Å². The largest absolute Gasteiger partial charge is 0.488 e. The van der Waals surface area contributed by atoms with Crippen LogP contribution in [0.25, 0.3) is 11.1 Å². The number of fused-ring (bicyclic) bond motifs is 5. The number of halogens is 1. The van der Waals surface area contributed by atoms with Crippen LogP contribution in [0.4, 0.5) is 0 Å². The summed E-state index contributed by atoms with van der Waals surface area (Å²) in [6, 6.07) is 12.4. The van der Waals surface area contributed by atoms with E-state index in [9.17, 15) is 10.0 Å². The van der Waals surface area contributed by atoms with Gasteiger partial charge < -0.3 is 10.0 Å². The Balaban J connectivity index is 1.98. The summed E-state index contributed by atoms with van der Waals surface area (Å²) in [6.45, 7) is 0. The van der Waals surface area contributed by atoms with E-state index in [1.54, 1.807) is 0 Å². The van der Waals surface area contributed by atoms with Crippen molar-refractivity contribution in [1.29, 1.82) is 0 Å². The summed E-state index contributed by atoms with van der Waals surface area (Å²) in [5.41, 5.74) is 5.88. The third-order valence-corrected chi connectivity index (χ3v) is 5.85. The van der Waals surface area contributed by atoms with Crippen molar-refractivity contribution in [3.63, 3.8) is 0 Å². The number of benzene rings is 2. The van der Waals surface area contributed by atoms with Crippen LogP contribution in [0.1, 0.15) is 43.2 Å². The minimum atomic E-state index is -1.41. The zero-order chi connectivity index (χ0) is 15.3. The van der Waals surface area contributed by atoms with E-state index >= 15 is 0 Å². The molecule has 4 heteroatoms. The van der Waals surface area contributed by atoms with Crippen LogP contribution in [-0.4, -0.2) is 17.2 Å². The van der Waals surface area contributed by atoms with Crippen molar-refractivity contribution in [2.75, 3.05) is 0 Å². The molecule has 1 saturated carbocycles. The van der Waals surface area contributed by atoms with Gasteiger partial charge in [-0.25, -0.2) is 0 Å². The predicted octanol–water partition coefficient (Wildman–Crippen LogP) is 3.36. The normalized spacial score (nSPS) is 18.1. The molecule has 4 rings (SSSR count). The highest BCUT2D eigenvalue weighted by Crippen LogP contribution is 2.55. The van der Waals surface area contributed by atoms with E-state index in [0.717, 1.165) is 4.47 Å². The molecule has 1 fully saturated rings. The van der Waals surface area contributed by atoms with Gasteiger partial charge in [0.15, 0.2) is 0 Å². The van der Waals surface area contributed by atoms with E-state index in [0.29, 0.717) is 5.46 Å². The van der Waals surface area contributed by atoms with Gasteiger partial charge in [-0.3, -0.25) is 0 Å². The molecular formula is C18H18BBrO2. The van der Waals surface area contributed by atoms with E-state index < -0.39 is 7.12 Å². The highest BCUT2D eigenvalue weighted by atomic mass is 79.9. The Kier molecular flexibility index (Phi) is 3.44. The molecule has 2 aromatic carbocycles. The minimum Gasteiger partial charge on any atom is -0.423 e. The molecule has 0 aromatic heterocycles. The summed E-state index contributed by atoms with van der Waals surface area (Å²) in [4.78, 5) is 0. The summed E-state index contributed by atoms with van der Waals surface area (Å²) in [6.07, 6.45) is 6.20. The smallest absolute Gasteiger partial charge is 0.423 e. The summed E-state index contributed by atoms with van der Waals surface area (Å²) >= 11 is 3.62. The molecule has 0 saturated heterocycles. The van der Waals surface area contributed by atoms with E-state index in [1.807, 2.05) is 12.1 Å². The number of hydrogen-bond acceptors (Lipinski definition) is 2. The molecule has 0 atom stereocenters. The lowest BCUT2D eigenvalue weighted by atomic mass is 9.67. The van der Waals surface area contributed by atoms with Gasteiger partial charge in [0.25, 0.3) is 0 Å². The fourth-order valence-electron chi connectivity index (χ4n) is 4.35. The molecule has 0 radical (unpaired) electrons. The van der Waals surface area contributed by atoms with Crippen molar-refractivity contribution >= 4 is 28.5 Å². The highest BCUT2D eigenvalue weighted by molar-refractivity contribution is 9.10. The molecule has 2 aromatic rings. The Morgan fingerprint density at radius 2 is 1.64 bits per heavy atom. The Morgan fingerprint density at radius 1 is 0.864 bits per heavy atom. The Bertz CT molecular complexity index is 736. The van der Waals surface area contributed by atoms with Crippen LogP contribution in [0.2, 0.25) is 0 Å². The van der Waals surface area contributed by atoms with Gasteiger partial charge in [-0.15, -0.1) is 0 Å². The fraction of sp³-hybridized carbons (Fsp3) is 0.333. The number of rotatable bonds is 1. The molecular weight excluding hydrogens is 339 g/mol.